The highest BCUT2D eigenvalue weighted by molar-refractivity contribution is 5.80. The van der Waals surface area contributed by atoms with E-state index in [0.717, 1.165) is 22.6 Å². The van der Waals surface area contributed by atoms with Gasteiger partial charge in [0.1, 0.15) is 36.2 Å². The molecule has 1 unspecified atom stereocenters. The molecule has 2 heterocycles. The summed E-state index contributed by atoms with van der Waals surface area (Å²) in [6, 6.07) is 10.7. The van der Waals surface area contributed by atoms with E-state index in [1.165, 1.54) is 0 Å². The Morgan fingerprint density at radius 2 is 1.96 bits per heavy atom. The molecule has 0 radical (unpaired) electrons. The van der Waals surface area contributed by atoms with Crippen LogP contribution in [0.2, 0.25) is 0 Å². The monoisotopic (exact) mass is 355 g/mol. The fraction of sp³-hybridized carbons (Fsp3) is 0.350. The lowest BCUT2D eigenvalue weighted by Gasteiger charge is -2.29. The third kappa shape index (κ3) is 3.14. The topological polar surface area (TPSA) is 68.2 Å². The zero-order chi connectivity index (χ0) is 18.1. The van der Waals surface area contributed by atoms with E-state index in [0.29, 0.717) is 38.5 Å². The molecule has 2 aliphatic rings. The maximum absolute atomic E-state index is 13.0. The van der Waals surface area contributed by atoms with E-state index in [1.807, 2.05) is 23.1 Å². The van der Waals surface area contributed by atoms with E-state index >= 15 is 0 Å². The molecule has 0 aliphatic carbocycles. The second-order valence-electron chi connectivity index (χ2n) is 6.59. The van der Waals surface area contributed by atoms with Gasteiger partial charge in [-0.2, -0.15) is 0 Å². The zero-order valence-electron chi connectivity index (χ0n) is 14.6. The Bertz CT molecular complexity index is 835. The van der Waals surface area contributed by atoms with E-state index in [1.54, 1.807) is 25.3 Å². The molecule has 0 saturated carbocycles. The molecule has 0 spiro atoms. The average molecular weight is 355 g/mol. The van der Waals surface area contributed by atoms with Gasteiger partial charge in [0.2, 0.25) is 5.91 Å². The molecule has 0 saturated heterocycles. The van der Waals surface area contributed by atoms with Crippen molar-refractivity contribution in [2.45, 2.75) is 13.0 Å². The first-order chi connectivity index (χ1) is 12.6. The van der Waals surface area contributed by atoms with Crippen molar-refractivity contribution in [3.63, 3.8) is 0 Å². The van der Waals surface area contributed by atoms with Gasteiger partial charge < -0.3 is 24.2 Å². The van der Waals surface area contributed by atoms with Crippen molar-refractivity contribution in [2.75, 3.05) is 26.9 Å². The molecule has 136 valence electrons. The van der Waals surface area contributed by atoms with Gasteiger partial charge >= 0.3 is 0 Å². The van der Waals surface area contributed by atoms with Gasteiger partial charge in [-0.15, -0.1) is 0 Å². The molecule has 0 aromatic heterocycles. The number of methoxy groups -OCH3 is 1. The number of benzene rings is 2. The maximum atomic E-state index is 13.0. The van der Waals surface area contributed by atoms with Gasteiger partial charge in [-0.25, -0.2) is 0 Å². The Morgan fingerprint density at radius 1 is 1.15 bits per heavy atom. The van der Waals surface area contributed by atoms with Crippen LogP contribution in [0, 0.1) is 5.92 Å². The van der Waals surface area contributed by atoms with Crippen LogP contribution < -0.4 is 14.2 Å². The number of phenols is 1. The Kier molecular flexibility index (Phi) is 4.32. The molecule has 4 rings (SSSR count). The van der Waals surface area contributed by atoms with Crippen molar-refractivity contribution >= 4 is 5.91 Å². The summed E-state index contributed by atoms with van der Waals surface area (Å²) < 4.78 is 16.7. The number of aromatic hydroxyl groups is 1. The number of hydrogen-bond acceptors (Lipinski definition) is 5. The average Bonchev–Trinajstić information content (AvgIpc) is 2.88. The molecule has 6 heteroatoms. The highest BCUT2D eigenvalue weighted by Crippen LogP contribution is 2.33. The van der Waals surface area contributed by atoms with Gasteiger partial charge in [-0.3, -0.25) is 4.79 Å². The predicted molar refractivity (Wildman–Crippen MR) is 94.7 cm³/mol. The fourth-order valence-corrected chi connectivity index (χ4v) is 3.44. The molecular formula is C20H21NO5. The summed E-state index contributed by atoms with van der Waals surface area (Å²) in [5, 5.41) is 9.60. The normalized spacial score (nSPS) is 18.7. The number of rotatable bonds is 2. The van der Waals surface area contributed by atoms with E-state index in [2.05, 4.69) is 0 Å². The number of amides is 1. The third-order valence-electron chi connectivity index (χ3n) is 4.87. The molecule has 0 bridgehead atoms. The molecule has 6 nitrogen and oxygen atoms in total. The number of phenolic OH excluding ortho intramolecular Hbond substituents is 1. The highest BCUT2D eigenvalue weighted by Gasteiger charge is 2.31. The van der Waals surface area contributed by atoms with Crippen molar-refractivity contribution in [1.82, 2.24) is 4.90 Å². The van der Waals surface area contributed by atoms with E-state index in [9.17, 15) is 9.90 Å². The minimum Gasteiger partial charge on any atom is -0.508 e. The molecular weight excluding hydrogens is 334 g/mol. The Balaban J connectivity index is 1.50. The summed E-state index contributed by atoms with van der Waals surface area (Å²) in [5.41, 5.74) is 1.92. The van der Waals surface area contributed by atoms with Crippen LogP contribution in [0.1, 0.15) is 11.1 Å². The first-order valence-electron chi connectivity index (χ1n) is 8.67. The smallest absolute Gasteiger partial charge is 0.229 e. The highest BCUT2D eigenvalue weighted by atomic mass is 16.5. The summed E-state index contributed by atoms with van der Waals surface area (Å²) in [7, 11) is 1.62. The van der Waals surface area contributed by atoms with E-state index in [-0.39, 0.29) is 17.6 Å². The summed E-state index contributed by atoms with van der Waals surface area (Å²) in [6.45, 7) is 1.75. The van der Waals surface area contributed by atoms with Gasteiger partial charge in [0.15, 0.2) is 0 Å². The van der Waals surface area contributed by atoms with Crippen LogP contribution in [0.15, 0.2) is 36.4 Å². The van der Waals surface area contributed by atoms with Crippen molar-refractivity contribution in [3.05, 3.63) is 47.5 Å². The van der Waals surface area contributed by atoms with Gasteiger partial charge in [-0.1, -0.05) is 6.07 Å². The number of fused-ring (bicyclic) bond motifs is 2. The van der Waals surface area contributed by atoms with Crippen LogP contribution in [0.25, 0.3) is 0 Å². The lowest BCUT2D eigenvalue weighted by Crippen LogP contribution is -2.41. The maximum Gasteiger partial charge on any atom is 0.229 e. The summed E-state index contributed by atoms with van der Waals surface area (Å²) in [4.78, 5) is 14.8. The summed E-state index contributed by atoms with van der Waals surface area (Å²) >= 11 is 0. The van der Waals surface area contributed by atoms with Gasteiger partial charge in [-0.05, 0) is 30.2 Å². The predicted octanol–water partition coefficient (Wildman–Crippen LogP) is 2.37. The third-order valence-corrected chi connectivity index (χ3v) is 4.87. The molecule has 1 amide bonds. The van der Waals surface area contributed by atoms with Crippen LogP contribution in [0.3, 0.4) is 0 Å². The SMILES string of the molecule is COc1ccc2c(c1)OCC(C(=O)N1CCOc3cc(O)ccc3C1)C2. The molecule has 2 aliphatic heterocycles. The summed E-state index contributed by atoms with van der Waals surface area (Å²) in [6.07, 6.45) is 0.651. The van der Waals surface area contributed by atoms with E-state index in [4.69, 9.17) is 14.2 Å². The molecule has 26 heavy (non-hydrogen) atoms. The second kappa shape index (κ2) is 6.78. The van der Waals surface area contributed by atoms with Gasteiger partial charge in [0.25, 0.3) is 0 Å². The lowest BCUT2D eigenvalue weighted by molar-refractivity contribution is -0.137. The zero-order valence-corrected chi connectivity index (χ0v) is 14.6. The van der Waals surface area contributed by atoms with Crippen LogP contribution in [-0.4, -0.2) is 42.8 Å². The van der Waals surface area contributed by atoms with Gasteiger partial charge in [0, 0.05) is 24.2 Å². The number of carbonyl (C=O) groups excluding carboxylic acids is 1. The first kappa shape index (κ1) is 16.6. The van der Waals surface area contributed by atoms with Crippen LogP contribution >= 0.6 is 0 Å². The quantitative estimate of drug-likeness (QED) is 0.896. The van der Waals surface area contributed by atoms with Gasteiger partial charge in [0.05, 0.1) is 19.6 Å². The van der Waals surface area contributed by atoms with Crippen molar-refractivity contribution < 1.29 is 24.1 Å². The molecule has 2 aromatic carbocycles. The van der Waals surface area contributed by atoms with Crippen LogP contribution in [0.4, 0.5) is 0 Å². The Hall–Kier alpha value is -2.89. The molecule has 1 N–H and O–H groups in total. The molecule has 1 atom stereocenters. The number of nitrogens with zero attached hydrogens (tertiary/aromatic N) is 1. The minimum atomic E-state index is -0.213. The standard InChI is InChI=1S/C20H21NO5/c1-24-17-5-3-13-8-15(12-26-19(13)10-17)20(23)21-6-7-25-18-9-16(22)4-2-14(18)11-21/h2-5,9-10,15,22H,6-8,11-12H2,1H3. The number of hydrogen-bond donors (Lipinski definition) is 1. The second-order valence-corrected chi connectivity index (χ2v) is 6.59. The largest absolute Gasteiger partial charge is 0.508 e. The van der Waals surface area contributed by atoms with Crippen molar-refractivity contribution in [1.29, 1.82) is 0 Å². The molecule has 0 fully saturated rings. The summed E-state index contributed by atoms with van der Waals surface area (Å²) in [5.74, 6) is 2.19. The van der Waals surface area contributed by atoms with Crippen molar-refractivity contribution in [2.24, 2.45) is 5.92 Å². The lowest BCUT2D eigenvalue weighted by atomic mass is 9.95. The van der Waals surface area contributed by atoms with E-state index < -0.39 is 0 Å². The molecule has 2 aromatic rings. The van der Waals surface area contributed by atoms with Crippen molar-refractivity contribution in [3.8, 4) is 23.0 Å². The number of ether oxygens (including phenoxy) is 3. The fourth-order valence-electron chi connectivity index (χ4n) is 3.44. The number of carbonyl (C=O) groups is 1. The minimum absolute atomic E-state index is 0.0657. The Labute approximate surface area is 151 Å². The van der Waals surface area contributed by atoms with Crippen LogP contribution in [0.5, 0.6) is 23.0 Å². The van der Waals surface area contributed by atoms with Crippen LogP contribution in [-0.2, 0) is 17.8 Å². The Morgan fingerprint density at radius 3 is 2.81 bits per heavy atom. The first-order valence-corrected chi connectivity index (χ1v) is 8.67.